The van der Waals surface area contributed by atoms with Crippen LogP contribution in [0.25, 0.3) is 0 Å². The van der Waals surface area contributed by atoms with E-state index < -0.39 is 4.45 Å². The Morgan fingerprint density at radius 3 is 1.50 bits per heavy atom. The fraction of sp³-hybridized carbons (Fsp3) is 0.800. The van der Waals surface area contributed by atoms with Crippen molar-refractivity contribution >= 4 is 29.7 Å². The number of nitrogens with one attached hydrogen (secondary N) is 1. The molecule has 0 aromatic heterocycles. The van der Waals surface area contributed by atoms with Gasteiger partial charge in [-0.2, -0.15) is 0 Å². The standard InChI is InChI=1S/C4H11N.CH2OS2.Ag/c1-3-5-4-2;2-1(3)4;/h5H,3-4H2,1-2H3;(H2,2,3,4);. The van der Waals surface area contributed by atoms with Crippen molar-refractivity contribution in [1.29, 1.82) is 0 Å². The van der Waals surface area contributed by atoms with E-state index in [0.717, 1.165) is 13.1 Å². The van der Waals surface area contributed by atoms with Gasteiger partial charge < -0.3 is 5.32 Å². The monoisotopic (exact) mass is 274 g/mol. The Kier molecular flexibility index (Phi) is 28.6. The Morgan fingerprint density at radius 2 is 1.50 bits per heavy atom. The fourth-order valence-corrected chi connectivity index (χ4v) is 0.250. The van der Waals surface area contributed by atoms with E-state index in [9.17, 15) is 4.79 Å². The molecule has 0 heterocycles. The van der Waals surface area contributed by atoms with Gasteiger partial charge in [0.25, 0.3) is 0 Å². The molecule has 5 heteroatoms. The molecule has 0 fully saturated rings. The van der Waals surface area contributed by atoms with Gasteiger partial charge in [0.05, 0.1) is 0 Å². The first-order valence-electron chi connectivity index (χ1n) is 2.77. The summed E-state index contributed by atoms with van der Waals surface area (Å²) in [7, 11) is 0. The van der Waals surface area contributed by atoms with E-state index in [4.69, 9.17) is 0 Å². The van der Waals surface area contributed by atoms with Crippen LogP contribution >= 0.6 is 25.3 Å². The second-order valence-corrected chi connectivity index (χ2v) is 2.40. The first-order chi connectivity index (χ1) is 4.15. The summed E-state index contributed by atoms with van der Waals surface area (Å²) in [5, 5.41) is 3.11. The van der Waals surface area contributed by atoms with Gasteiger partial charge in [-0.25, -0.2) is 0 Å². The van der Waals surface area contributed by atoms with Crippen LogP contribution in [-0.2, 0) is 22.4 Å². The molecule has 0 aromatic rings. The van der Waals surface area contributed by atoms with E-state index in [1.807, 2.05) is 0 Å². The molecule has 0 spiro atoms. The molecule has 0 atom stereocenters. The van der Waals surface area contributed by atoms with Crippen LogP contribution in [0.3, 0.4) is 0 Å². The number of carbonyl (C=O) groups excluding carboxylic acids is 1. The second-order valence-electron chi connectivity index (χ2n) is 1.24. The van der Waals surface area contributed by atoms with Crippen molar-refractivity contribution in [2.75, 3.05) is 13.1 Å². The Hall–Kier alpha value is 1.07. The molecule has 0 aliphatic heterocycles. The van der Waals surface area contributed by atoms with Gasteiger partial charge in [-0.3, -0.25) is 4.79 Å². The largest absolute Gasteiger partial charge is 0.317 e. The van der Waals surface area contributed by atoms with E-state index in [0.29, 0.717) is 0 Å². The van der Waals surface area contributed by atoms with Gasteiger partial charge in [0.2, 0.25) is 4.45 Å². The molecule has 10 heavy (non-hydrogen) atoms. The van der Waals surface area contributed by atoms with Gasteiger partial charge >= 0.3 is 0 Å². The molecule has 0 rings (SSSR count). The molecule has 0 saturated carbocycles. The van der Waals surface area contributed by atoms with Crippen LogP contribution in [0.4, 0.5) is 4.79 Å². The molecule has 1 radical (unpaired) electrons. The van der Waals surface area contributed by atoms with E-state index in [1.165, 1.54) is 0 Å². The Morgan fingerprint density at radius 1 is 1.30 bits per heavy atom. The SMILES string of the molecule is CCNCC.O=C(S)S.[Ag]. The van der Waals surface area contributed by atoms with Crippen molar-refractivity contribution in [3.05, 3.63) is 0 Å². The fourth-order valence-electron chi connectivity index (χ4n) is 0.250. The maximum Gasteiger partial charge on any atom is 0.239 e. The predicted molar refractivity (Wildman–Crippen MR) is 47.6 cm³/mol. The number of hydrogen-bond acceptors (Lipinski definition) is 2. The number of thiol groups is 2. The van der Waals surface area contributed by atoms with Crippen LogP contribution < -0.4 is 5.32 Å². The van der Waals surface area contributed by atoms with Crippen LogP contribution in [0.15, 0.2) is 0 Å². The number of hydrogen-bond donors (Lipinski definition) is 3. The van der Waals surface area contributed by atoms with Gasteiger partial charge in [0.1, 0.15) is 0 Å². The zero-order chi connectivity index (χ0) is 7.70. The van der Waals surface area contributed by atoms with Crippen molar-refractivity contribution in [2.45, 2.75) is 13.8 Å². The molecule has 0 saturated heterocycles. The molecule has 0 unspecified atom stereocenters. The maximum atomic E-state index is 9.17. The van der Waals surface area contributed by atoms with Crippen LogP contribution in [0.1, 0.15) is 13.8 Å². The molecule has 0 amide bonds. The number of carbonyl (C=O) groups is 1. The van der Waals surface area contributed by atoms with Crippen LogP contribution in [0, 0.1) is 0 Å². The van der Waals surface area contributed by atoms with Crippen molar-refractivity contribution in [3.8, 4) is 0 Å². The zero-order valence-electron chi connectivity index (χ0n) is 6.02. The molecule has 0 aliphatic carbocycles. The topological polar surface area (TPSA) is 29.1 Å². The summed E-state index contributed by atoms with van der Waals surface area (Å²) >= 11 is 6.38. The summed E-state index contributed by atoms with van der Waals surface area (Å²) < 4.78 is -0.444. The third kappa shape index (κ3) is 62.7. The summed E-state index contributed by atoms with van der Waals surface area (Å²) in [4.78, 5) is 9.17. The van der Waals surface area contributed by atoms with Gasteiger partial charge in [-0.1, -0.05) is 39.1 Å². The second kappa shape index (κ2) is 16.6. The summed E-state index contributed by atoms with van der Waals surface area (Å²) in [5.74, 6) is 0. The molecule has 67 valence electrons. The van der Waals surface area contributed by atoms with E-state index in [1.54, 1.807) is 0 Å². The van der Waals surface area contributed by atoms with Crippen molar-refractivity contribution < 1.29 is 27.2 Å². The molecular formula is C5H13AgNOS2. The molecule has 0 aliphatic rings. The normalized spacial score (nSPS) is 6.80. The average Bonchev–Trinajstić information content (AvgIpc) is 1.66. The molecule has 0 bridgehead atoms. The van der Waals surface area contributed by atoms with Gasteiger partial charge in [-0.15, -0.1) is 0 Å². The third-order valence-corrected chi connectivity index (χ3v) is 0.500. The van der Waals surface area contributed by atoms with Gasteiger partial charge in [-0.05, 0) is 13.1 Å². The molecule has 0 aromatic carbocycles. The first kappa shape index (κ1) is 17.2. The van der Waals surface area contributed by atoms with Gasteiger partial charge in [0, 0.05) is 22.4 Å². The van der Waals surface area contributed by atoms with Gasteiger partial charge in [0.15, 0.2) is 0 Å². The summed E-state index contributed by atoms with van der Waals surface area (Å²) in [6, 6.07) is 0. The Labute approximate surface area is 88.9 Å². The third-order valence-electron chi connectivity index (χ3n) is 0.500. The predicted octanol–water partition coefficient (Wildman–Crippen LogP) is 1.58. The molecule has 2 nitrogen and oxygen atoms in total. The van der Waals surface area contributed by atoms with E-state index >= 15 is 0 Å². The summed E-state index contributed by atoms with van der Waals surface area (Å²) in [6.45, 7) is 6.39. The Bertz CT molecular complexity index is 66.7. The van der Waals surface area contributed by atoms with Crippen molar-refractivity contribution in [2.24, 2.45) is 0 Å². The quantitative estimate of drug-likeness (QED) is 0.527. The minimum absolute atomic E-state index is 0. The first-order valence-corrected chi connectivity index (χ1v) is 3.67. The van der Waals surface area contributed by atoms with Crippen LogP contribution in [0.2, 0.25) is 0 Å². The van der Waals surface area contributed by atoms with Crippen LogP contribution in [0.5, 0.6) is 0 Å². The van der Waals surface area contributed by atoms with E-state index in [-0.39, 0.29) is 22.4 Å². The summed E-state index contributed by atoms with van der Waals surface area (Å²) in [5.41, 5.74) is 0. The molecular weight excluding hydrogens is 262 g/mol. The zero-order valence-corrected chi connectivity index (χ0v) is 9.29. The average molecular weight is 275 g/mol. The summed E-state index contributed by atoms with van der Waals surface area (Å²) in [6.07, 6.45) is 0. The van der Waals surface area contributed by atoms with Crippen LogP contribution in [-0.4, -0.2) is 17.5 Å². The van der Waals surface area contributed by atoms with Crippen molar-refractivity contribution in [1.82, 2.24) is 5.32 Å². The smallest absolute Gasteiger partial charge is 0.239 e. The molecule has 1 N–H and O–H groups in total. The maximum absolute atomic E-state index is 9.17. The van der Waals surface area contributed by atoms with Crippen molar-refractivity contribution in [3.63, 3.8) is 0 Å². The minimum atomic E-state index is -0.444. The number of rotatable bonds is 2. The Balaban J connectivity index is -0.0000000910. The minimum Gasteiger partial charge on any atom is -0.317 e. The van der Waals surface area contributed by atoms with E-state index in [2.05, 4.69) is 44.4 Å².